The molecule has 160 valence electrons. The molecule has 8 heteroatoms. The van der Waals surface area contributed by atoms with Crippen LogP contribution in [-0.2, 0) is 22.5 Å². The SMILES string of the molecule is C[C@H]1COCCN1c1nc(-c2ccc(N)cc2)nc2c1CCN(C(=O)C(C)(C)O)C2. The zero-order chi connectivity index (χ0) is 21.5. The highest BCUT2D eigenvalue weighted by Crippen LogP contribution is 2.32. The first-order valence-corrected chi connectivity index (χ1v) is 10.4. The maximum absolute atomic E-state index is 12.7. The van der Waals surface area contributed by atoms with Crippen molar-refractivity contribution in [2.45, 2.75) is 45.4 Å². The molecule has 1 atom stereocenters. The number of rotatable bonds is 3. The van der Waals surface area contributed by atoms with Crippen LogP contribution in [0.3, 0.4) is 0 Å². The largest absolute Gasteiger partial charge is 0.399 e. The van der Waals surface area contributed by atoms with Crippen molar-refractivity contribution < 1.29 is 14.6 Å². The highest BCUT2D eigenvalue weighted by Gasteiger charge is 2.34. The number of nitrogens with zero attached hydrogens (tertiary/aromatic N) is 4. The molecule has 4 rings (SSSR count). The third-order valence-electron chi connectivity index (χ3n) is 5.66. The van der Waals surface area contributed by atoms with E-state index in [-0.39, 0.29) is 11.9 Å². The molecule has 2 aliphatic rings. The predicted octanol–water partition coefficient (Wildman–Crippen LogP) is 1.61. The Balaban J connectivity index is 1.78. The van der Waals surface area contributed by atoms with Crippen molar-refractivity contribution in [1.29, 1.82) is 0 Å². The van der Waals surface area contributed by atoms with E-state index in [0.29, 0.717) is 44.2 Å². The van der Waals surface area contributed by atoms with Gasteiger partial charge in [-0.2, -0.15) is 0 Å². The molecule has 0 spiro atoms. The molecule has 30 heavy (non-hydrogen) atoms. The molecule has 3 heterocycles. The Morgan fingerprint density at radius 1 is 1.23 bits per heavy atom. The summed E-state index contributed by atoms with van der Waals surface area (Å²) in [5.74, 6) is 1.24. The van der Waals surface area contributed by atoms with Gasteiger partial charge in [-0.1, -0.05) is 0 Å². The number of hydrogen-bond acceptors (Lipinski definition) is 7. The van der Waals surface area contributed by atoms with E-state index in [1.165, 1.54) is 13.8 Å². The first-order valence-electron chi connectivity index (χ1n) is 10.4. The Morgan fingerprint density at radius 3 is 2.63 bits per heavy atom. The fourth-order valence-corrected chi connectivity index (χ4v) is 4.01. The van der Waals surface area contributed by atoms with E-state index in [2.05, 4.69) is 11.8 Å². The van der Waals surface area contributed by atoms with E-state index in [1.54, 1.807) is 4.90 Å². The summed E-state index contributed by atoms with van der Waals surface area (Å²) in [6.07, 6.45) is 0.651. The maximum atomic E-state index is 12.7. The van der Waals surface area contributed by atoms with Crippen molar-refractivity contribution in [2.75, 3.05) is 36.9 Å². The van der Waals surface area contributed by atoms with Gasteiger partial charge < -0.3 is 25.4 Å². The molecular weight excluding hydrogens is 382 g/mol. The second kappa shape index (κ2) is 7.85. The number of carbonyl (C=O) groups is 1. The van der Waals surface area contributed by atoms with Crippen LogP contribution in [0.1, 0.15) is 32.0 Å². The molecule has 1 fully saturated rings. The molecule has 0 bridgehead atoms. The van der Waals surface area contributed by atoms with Gasteiger partial charge in [0.25, 0.3) is 5.91 Å². The Kier molecular flexibility index (Phi) is 5.38. The summed E-state index contributed by atoms with van der Waals surface area (Å²) in [6.45, 7) is 8.13. The minimum absolute atomic E-state index is 0.202. The van der Waals surface area contributed by atoms with E-state index in [4.69, 9.17) is 20.4 Å². The first-order chi connectivity index (χ1) is 14.2. The minimum Gasteiger partial charge on any atom is -0.399 e. The van der Waals surface area contributed by atoms with Crippen LogP contribution in [0.4, 0.5) is 11.5 Å². The lowest BCUT2D eigenvalue weighted by molar-refractivity contribution is -0.148. The molecule has 0 saturated carbocycles. The monoisotopic (exact) mass is 411 g/mol. The van der Waals surface area contributed by atoms with Crippen molar-refractivity contribution in [3.8, 4) is 11.4 Å². The van der Waals surface area contributed by atoms with Crippen molar-refractivity contribution in [3.05, 3.63) is 35.5 Å². The molecule has 1 aromatic heterocycles. The van der Waals surface area contributed by atoms with Gasteiger partial charge in [-0.15, -0.1) is 0 Å². The third kappa shape index (κ3) is 3.97. The second-order valence-electron chi connectivity index (χ2n) is 8.57. The molecule has 1 amide bonds. The number of morpholine rings is 1. The highest BCUT2D eigenvalue weighted by molar-refractivity contribution is 5.84. The average Bonchev–Trinajstić information content (AvgIpc) is 2.72. The summed E-state index contributed by atoms with van der Waals surface area (Å²) in [7, 11) is 0. The molecule has 0 radical (unpaired) electrons. The lowest BCUT2D eigenvalue weighted by atomic mass is 10.0. The highest BCUT2D eigenvalue weighted by atomic mass is 16.5. The molecule has 2 aliphatic heterocycles. The van der Waals surface area contributed by atoms with Gasteiger partial charge in [0.2, 0.25) is 0 Å². The molecule has 2 aromatic rings. The van der Waals surface area contributed by atoms with Gasteiger partial charge >= 0.3 is 0 Å². The number of aliphatic hydroxyl groups is 1. The van der Waals surface area contributed by atoms with E-state index >= 15 is 0 Å². The second-order valence-corrected chi connectivity index (χ2v) is 8.57. The Morgan fingerprint density at radius 2 is 1.97 bits per heavy atom. The van der Waals surface area contributed by atoms with Crippen molar-refractivity contribution in [2.24, 2.45) is 0 Å². The quantitative estimate of drug-likeness (QED) is 0.739. The van der Waals surface area contributed by atoms with Crippen LogP contribution in [0.15, 0.2) is 24.3 Å². The van der Waals surface area contributed by atoms with Crippen LogP contribution >= 0.6 is 0 Å². The summed E-state index contributed by atoms with van der Waals surface area (Å²) >= 11 is 0. The molecule has 0 aliphatic carbocycles. The lowest BCUT2D eigenvalue weighted by Crippen LogP contribution is -2.48. The number of benzene rings is 1. The predicted molar refractivity (Wildman–Crippen MR) is 115 cm³/mol. The minimum atomic E-state index is -1.41. The number of ether oxygens (including phenoxy) is 1. The lowest BCUT2D eigenvalue weighted by Gasteiger charge is -2.38. The van der Waals surface area contributed by atoms with Gasteiger partial charge in [0.05, 0.1) is 31.5 Å². The number of hydrogen-bond donors (Lipinski definition) is 2. The smallest absolute Gasteiger partial charge is 0.254 e. The molecule has 1 aromatic carbocycles. The summed E-state index contributed by atoms with van der Waals surface area (Å²) in [6, 6.07) is 7.68. The van der Waals surface area contributed by atoms with E-state index in [0.717, 1.165) is 29.2 Å². The number of anilines is 2. The van der Waals surface area contributed by atoms with E-state index in [1.807, 2.05) is 24.3 Å². The number of amides is 1. The first kappa shape index (κ1) is 20.6. The normalized spacial score (nSPS) is 19.5. The fourth-order valence-electron chi connectivity index (χ4n) is 4.01. The van der Waals surface area contributed by atoms with Crippen LogP contribution in [-0.4, -0.2) is 63.8 Å². The number of nitrogen functional groups attached to an aromatic ring is 1. The van der Waals surface area contributed by atoms with Gasteiger partial charge in [0.15, 0.2) is 5.82 Å². The van der Waals surface area contributed by atoms with Crippen LogP contribution < -0.4 is 10.6 Å². The zero-order valence-corrected chi connectivity index (χ0v) is 17.8. The molecular formula is C22H29N5O3. The van der Waals surface area contributed by atoms with Crippen molar-refractivity contribution >= 4 is 17.4 Å². The van der Waals surface area contributed by atoms with Gasteiger partial charge in [-0.05, 0) is 51.5 Å². The van der Waals surface area contributed by atoms with Crippen LogP contribution in [0.25, 0.3) is 11.4 Å². The summed E-state index contributed by atoms with van der Waals surface area (Å²) in [4.78, 5) is 26.4. The van der Waals surface area contributed by atoms with Crippen LogP contribution in [0.5, 0.6) is 0 Å². The number of aromatic nitrogens is 2. The van der Waals surface area contributed by atoms with Crippen LogP contribution in [0, 0.1) is 0 Å². The fraction of sp³-hybridized carbons (Fsp3) is 0.500. The summed E-state index contributed by atoms with van der Waals surface area (Å²) in [5, 5.41) is 10.2. The summed E-state index contributed by atoms with van der Waals surface area (Å²) in [5.41, 5.74) is 7.89. The third-order valence-corrected chi connectivity index (χ3v) is 5.66. The topological polar surface area (TPSA) is 105 Å². The van der Waals surface area contributed by atoms with Gasteiger partial charge in [-0.25, -0.2) is 9.97 Å². The number of fused-ring (bicyclic) bond motifs is 1. The number of nitrogens with two attached hydrogens (primary N) is 1. The maximum Gasteiger partial charge on any atom is 0.254 e. The molecule has 8 nitrogen and oxygen atoms in total. The Bertz CT molecular complexity index is 939. The van der Waals surface area contributed by atoms with Crippen LogP contribution in [0.2, 0.25) is 0 Å². The van der Waals surface area contributed by atoms with Crippen molar-refractivity contribution in [1.82, 2.24) is 14.9 Å². The molecule has 0 unspecified atom stereocenters. The summed E-state index contributed by atoms with van der Waals surface area (Å²) < 4.78 is 5.61. The van der Waals surface area contributed by atoms with E-state index < -0.39 is 5.60 Å². The average molecular weight is 412 g/mol. The van der Waals surface area contributed by atoms with Gasteiger partial charge in [-0.3, -0.25) is 4.79 Å². The van der Waals surface area contributed by atoms with Gasteiger partial charge in [0, 0.05) is 29.9 Å². The Hall–Kier alpha value is -2.71. The number of carbonyl (C=O) groups excluding carboxylic acids is 1. The van der Waals surface area contributed by atoms with E-state index in [9.17, 15) is 9.90 Å². The molecule has 1 saturated heterocycles. The zero-order valence-electron chi connectivity index (χ0n) is 17.8. The van der Waals surface area contributed by atoms with Gasteiger partial charge in [0.1, 0.15) is 11.4 Å². The Labute approximate surface area is 176 Å². The van der Waals surface area contributed by atoms with Crippen molar-refractivity contribution in [3.63, 3.8) is 0 Å². The standard InChI is InChI=1S/C22H29N5O3/c1-14-13-30-11-10-27(14)20-17-8-9-26(21(28)22(2,3)29)12-18(17)24-19(25-20)15-4-6-16(23)7-5-15/h4-7,14,29H,8-13,23H2,1-3H3/t14-/m0/s1. The molecule has 3 N–H and O–H groups in total.